The lowest BCUT2D eigenvalue weighted by Gasteiger charge is -2.02. The predicted octanol–water partition coefficient (Wildman–Crippen LogP) is 3.24. The summed E-state index contributed by atoms with van der Waals surface area (Å²) in [6.45, 7) is 0. The predicted molar refractivity (Wildman–Crippen MR) is 66.2 cm³/mol. The Morgan fingerprint density at radius 2 is 2.11 bits per heavy atom. The smallest absolute Gasteiger partial charge is 0.138 e. The molecule has 0 atom stereocenters. The van der Waals surface area contributed by atoms with E-state index in [1.54, 1.807) is 36.7 Å². The van der Waals surface area contributed by atoms with Gasteiger partial charge >= 0.3 is 0 Å². The number of pyridine rings is 1. The molecule has 0 spiro atoms. The minimum Gasteiger partial charge on any atom is -0.345 e. The minimum absolute atomic E-state index is 0.298. The average Bonchev–Trinajstić information content (AvgIpc) is 2.81. The molecule has 3 aromatic rings. The Labute approximate surface area is 103 Å². The van der Waals surface area contributed by atoms with Crippen LogP contribution in [0.25, 0.3) is 22.2 Å². The second kappa shape index (κ2) is 3.97. The summed E-state index contributed by atoms with van der Waals surface area (Å²) in [5.74, 6) is -0.298. The van der Waals surface area contributed by atoms with Crippen LogP contribution in [0.3, 0.4) is 0 Å². The lowest BCUT2D eigenvalue weighted by Crippen LogP contribution is -1.86. The Hall–Kier alpha value is -2.67. The molecule has 0 fully saturated rings. The van der Waals surface area contributed by atoms with Crippen molar-refractivity contribution < 1.29 is 4.39 Å². The maximum Gasteiger partial charge on any atom is 0.138 e. The van der Waals surface area contributed by atoms with Crippen LogP contribution in [-0.4, -0.2) is 9.97 Å². The van der Waals surface area contributed by atoms with Gasteiger partial charge in [-0.15, -0.1) is 0 Å². The van der Waals surface area contributed by atoms with E-state index >= 15 is 0 Å². The monoisotopic (exact) mass is 237 g/mol. The van der Waals surface area contributed by atoms with Gasteiger partial charge in [-0.2, -0.15) is 5.26 Å². The highest BCUT2D eigenvalue weighted by Crippen LogP contribution is 2.26. The summed E-state index contributed by atoms with van der Waals surface area (Å²) >= 11 is 0. The fourth-order valence-electron chi connectivity index (χ4n) is 1.94. The molecule has 2 aromatic heterocycles. The molecular formula is C14H8FN3. The van der Waals surface area contributed by atoms with Gasteiger partial charge in [-0.3, -0.25) is 0 Å². The Balaban J connectivity index is 2.25. The highest BCUT2D eigenvalue weighted by molar-refractivity contribution is 5.86. The van der Waals surface area contributed by atoms with E-state index in [0.29, 0.717) is 27.7 Å². The Morgan fingerprint density at radius 3 is 2.89 bits per heavy atom. The number of fused-ring (bicyclic) bond motifs is 1. The summed E-state index contributed by atoms with van der Waals surface area (Å²) in [6.07, 6.45) is 3.20. The molecule has 18 heavy (non-hydrogen) atoms. The van der Waals surface area contributed by atoms with Crippen molar-refractivity contribution in [3.05, 3.63) is 54.1 Å². The number of benzene rings is 1. The van der Waals surface area contributed by atoms with Crippen molar-refractivity contribution in [2.75, 3.05) is 0 Å². The Kier molecular flexibility index (Phi) is 2.31. The molecule has 0 saturated carbocycles. The Bertz CT molecular complexity index is 768. The van der Waals surface area contributed by atoms with E-state index in [-0.39, 0.29) is 5.82 Å². The van der Waals surface area contributed by atoms with E-state index < -0.39 is 0 Å². The zero-order valence-corrected chi connectivity index (χ0v) is 9.31. The number of hydrogen-bond donors (Lipinski definition) is 1. The van der Waals surface area contributed by atoms with Crippen LogP contribution in [0.4, 0.5) is 4.39 Å². The standard InChI is InChI=1S/C14H8FN3/c15-13-4-2-1-3-11(13)9-5-12-10(6-16)8-18-14(12)17-7-9/h1-5,7-8H,(H,17,18). The fraction of sp³-hybridized carbons (Fsp3) is 0. The molecule has 0 aliphatic heterocycles. The molecular weight excluding hydrogens is 229 g/mol. The molecule has 1 N–H and O–H groups in total. The highest BCUT2D eigenvalue weighted by atomic mass is 19.1. The third-order valence-electron chi connectivity index (χ3n) is 2.84. The first-order valence-corrected chi connectivity index (χ1v) is 5.42. The molecule has 3 nitrogen and oxygen atoms in total. The molecule has 4 heteroatoms. The van der Waals surface area contributed by atoms with Gasteiger partial charge in [0.2, 0.25) is 0 Å². The van der Waals surface area contributed by atoms with Gasteiger partial charge < -0.3 is 4.98 Å². The SMILES string of the molecule is N#Cc1c[nH]c2ncc(-c3ccccc3F)cc12. The molecule has 0 radical (unpaired) electrons. The molecule has 2 heterocycles. The van der Waals surface area contributed by atoms with Gasteiger partial charge in [0.25, 0.3) is 0 Å². The second-order valence-electron chi connectivity index (χ2n) is 3.91. The lowest BCUT2D eigenvalue weighted by atomic mass is 10.1. The van der Waals surface area contributed by atoms with E-state index in [1.165, 1.54) is 6.07 Å². The van der Waals surface area contributed by atoms with Gasteiger partial charge in [-0.05, 0) is 12.1 Å². The van der Waals surface area contributed by atoms with Crippen molar-refractivity contribution in [3.63, 3.8) is 0 Å². The molecule has 86 valence electrons. The highest BCUT2D eigenvalue weighted by Gasteiger charge is 2.08. The molecule has 0 aliphatic carbocycles. The van der Waals surface area contributed by atoms with Gasteiger partial charge in [0.1, 0.15) is 17.5 Å². The van der Waals surface area contributed by atoms with Crippen LogP contribution in [0.1, 0.15) is 5.56 Å². The van der Waals surface area contributed by atoms with Gasteiger partial charge in [0, 0.05) is 28.9 Å². The van der Waals surface area contributed by atoms with Crippen molar-refractivity contribution in [1.82, 2.24) is 9.97 Å². The van der Waals surface area contributed by atoms with Crippen LogP contribution in [0, 0.1) is 17.1 Å². The number of H-pyrrole nitrogens is 1. The number of aromatic amines is 1. The minimum atomic E-state index is -0.298. The van der Waals surface area contributed by atoms with E-state index in [1.807, 2.05) is 0 Å². The number of halogens is 1. The van der Waals surface area contributed by atoms with Crippen LogP contribution < -0.4 is 0 Å². The fourth-order valence-corrected chi connectivity index (χ4v) is 1.94. The number of nitriles is 1. The summed E-state index contributed by atoms with van der Waals surface area (Å²) < 4.78 is 13.7. The lowest BCUT2D eigenvalue weighted by molar-refractivity contribution is 0.631. The van der Waals surface area contributed by atoms with Crippen molar-refractivity contribution in [2.24, 2.45) is 0 Å². The summed E-state index contributed by atoms with van der Waals surface area (Å²) in [4.78, 5) is 7.10. The van der Waals surface area contributed by atoms with Gasteiger partial charge in [0.05, 0.1) is 5.56 Å². The average molecular weight is 237 g/mol. The molecule has 0 saturated heterocycles. The largest absolute Gasteiger partial charge is 0.345 e. The molecule has 0 aliphatic rings. The number of hydrogen-bond acceptors (Lipinski definition) is 2. The van der Waals surface area contributed by atoms with Crippen molar-refractivity contribution in [2.45, 2.75) is 0 Å². The van der Waals surface area contributed by atoms with Gasteiger partial charge in [0.15, 0.2) is 0 Å². The van der Waals surface area contributed by atoms with Crippen molar-refractivity contribution >= 4 is 11.0 Å². The van der Waals surface area contributed by atoms with Crippen molar-refractivity contribution in [1.29, 1.82) is 5.26 Å². The van der Waals surface area contributed by atoms with Crippen LogP contribution in [0.5, 0.6) is 0 Å². The maximum absolute atomic E-state index is 13.7. The first-order chi connectivity index (χ1) is 8.79. The molecule has 0 bridgehead atoms. The molecule has 1 aromatic carbocycles. The third kappa shape index (κ3) is 1.54. The van der Waals surface area contributed by atoms with Crippen LogP contribution in [-0.2, 0) is 0 Å². The summed E-state index contributed by atoms with van der Waals surface area (Å²) in [6, 6.07) is 10.4. The number of nitrogens with zero attached hydrogens (tertiary/aromatic N) is 2. The van der Waals surface area contributed by atoms with E-state index in [2.05, 4.69) is 16.0 Å². The summed E-state index contributed by atoms with van der Waals surface area (Å²) in [5.41, 5.74) is 2.29. The van der Waals surface area contributed by atoms with Crippen LogP contribution in [0.2, 0.25) is 0 Å². The molecule has 3 rings (SSSR count). The third-order valence-corrected chi connectivity index (χ3v) is 2.84. The van der Waals surface area contributed by atoms with E-state index in [9.17, 15) is 4.39 Å². The van der Waals surface area contributed by atoms with Crippen LogP contribution >= 0.6 is 0 Å². The van der Waals surface area contributed by atoms with E-state index in [4.69, 9.17) is 5.26 Å². The van der Waals surface area contributed by atoms with Crippen molar-refractivity contribution in [3.8, 4) is 17.2 Å². The number of aromatic nitrogens is 2. The van der Waals surface area contributed by atoms with Gasteiger partial charge in [-0.25, -0.2) is 9.37 Å². The van der Waals surface area contributed by atoms with Gasteiger partial charge in [-0.1, -0.05) is 18.2 Å². The normalized spacial score (nSPS) is 10.4. The molecule has 0 unspecified atom stereocenters. The number of nitrogens with one attached hydrogen (secondary N) is 1. The second-order valence-corrected chi connectivity index (χ2v) is 3.91. The molecule has 0 amide bonds. The summed E-state index contributed by atoms with van der Waals surface area (Å²) in [5, 5.41) is 9.68. The topological polar surface area (TPSA) is 52.5 Å². The first-order valence-electron chi connectivity index (χ1n) is 5.42. The maximum atomic E-state index is 13.7. The Morgan fingerprint density at radius 1 is 1.28 bits per heavy atom. The zero-order chi connectivity index (χ0) is 12.5. The van der Waals surface area contributed by atoms with E-state index in [0.717, 1.165) is 0 Å². The quantitative estimate of drug-likeness (QED) is 0.706. The summed E-state index contributed by atoms with van der Waals surface area (Å²) in [7, 11) is 0. The zero-order valence-electron chi connectivity index (χ0n) is 9.31. The van der Waals surface area contributed by atoms with Crippen LogP contribution in [0.15, 0.2) is 42.7 Å². The first kappa shape index (κ1) is 10.5. The number of rotatable bonds is 1.